The van der Waals surface area contributed by atoms with Crippen molar-refractivity contribution in [2.45, 2.75) is 12.3 Å². The zero-order valence-corrected chi connectivity index (χ0v) is 17.7. The summed E-state index contributed by atoms with van der Waals surface area (Å²) in [6, 6.07) is 0. The topological polar surface area (TPSA) is 81.0 Å². The van der Waals surface area contributed by atoms with Crippen LogP contribution in [0.2, 0.25) is 10.6 Å². The molecule has 6 nitrogen and oxygen atoms in total. The van der Waals surface area contributed by atoms with Gasteiger partial charge in [-0.3, -0.25) is 0 Å². The van der Waals surface area contributed by atoms with E-state index in [9.17, 15) is 0 Å². The van der Waals surface area contributed by atoms with Crippen LogP contribution in [0.25, 0.3) is 0 Å². The molecule has 0 amide bonds. The predicted octanol–water partition coefficient (Wildman–Crippen LogP) is 3.09. The van der Waals surface area contributed by atoms with Crippen molar-refractivity contribution in [3.63, 3.8) is 0 Å². The summed E-state index contributed by atoms with van der Waals surface area (Å²) in [4.78, 5) is 15.0. The first kappa shape index (κ1) is 28.6. The molecule has 2 aromatic heterocycles. The molecule has 24 heavy (non-hydrogen) atoms. The van der Waals surface area contributed by atoms with E-state index in [-0.39, 0.29) is 8.41 Å². The molecular weight excluding hydrogens is 452 g/mol. The molecular formula is C10H12B3BrCl2N5OPS. The summed E-state index contributed by atoms with van der Waals surface area (Å²) >= 11 is 17.3. The quantitative estimate of drug-likeness (QED) is 0.231. The average Bonchev–Trinajstić information content (AvgIpc) is 2.53. The van der Waals surface area contributed by atoms with E-state index in [0.29, 0.717) is 17.4 Å². The second kappa shape index (κ2) is 20.8. The van der Waals surface area contributed by atoms with Gasteiger partial charge in [0.05, 0.1) is 0 Å². The van der Waals surface area contributed by atoms with Gasteiger partial charge in [0.25, 0.3) is 0 Å². The SMILES string of the molecule is Cc1cnc(Cl)nc1.Clc1ncc(CBr)cn1.O=BP.[B].[B]=NS. The van der Waals surface area contributed by atoms with Gasteiger partial charge >= 0.3 is 45.4 Å². The summed E-state index contributed by atoms with van der Waals surface area (Å²) < 4.78 is 11.5. The van der Waals surface area contributed by atoms with Crippen LogP contribution in [0, 0.1) is 6.92 Å². The summed E-state index contributed by atoms with van der Waals surface area (Å²) in [5, 5.41) is 1.36. The van der Waals surface area contributed by atoms with Gasteiger partial charge in [-0.15, -0.1) is 0 Å². The van der Waals surface area contributed by atoms with Crippen molar-refractivity contribution in [2.24, 2.45) is 4.30 Å². The number of thiol groups is 1. The molecule has 2 heterocycles. The molecule has 14 heteroatoms. The standard InChI is InChI=1S/C5H4BrClN2.C5H5ClN2.BHNS.BH2OP.B/c6-1-4-2-8-5(7)9-3-4;1-4-2-7-5(6)8-3-4;1-2-3;2-1-3;/h2-3H,1H2;2-3H,1H3;3H;3H2;. The maximum atomic E-state index is 8.77. The third-order valence-electron chi connectivity index (χ3n) is 1.58. The van der Waals surface area contributed by atoms with E-state index in [1.54, 1.807) is 24.8 Å². The number of nitrogens with zero attached hydrogens (tertiary/aromatic N) is 5. The van der Waals surface area contributed by atoms with Crippen LogP contribution in [0.5, 0.6) is 0 Å². The molecule has 0 saturated carbocycles. The molecule has 0 bridgehead atoms. The molecule has 0 aliphatic carbocycles. The molecule has 1 unspecified atom stereocenters. The van der Waals surface area contributed by atoms with Crippen LogP contribution < -0.4 is 0 Å². The third kappa shape index (κ3) is 19.8. The average molecular weight is 465 g/mol. The van der Waals surface area contributed by atoms with Gasteiger partial charge in [-0.25, -0.2) is 19.9 Å². The molecule has 0 fully saturated rings. The maximum absolute atomic E-state index is 8.77. The van der Waals surface area contributed by atoms with Crippen LogP contribution in [0.1, 0.15) is 11.1 Å². The molecule has 0 aliphatic heterocycles. The minimum absolute atomic E-state index is 0. The van der Waals surface area contributed by atoms with Gasteiger partial charge in [0.1, 0.15) is 0 Å². The molecule has 124 valence electrons. The van der Waals surface area contributed by atoms with Gasteiger partial charge in [0.15, 0.2) is 0 Å². The van der Waals surface area contributed by atoms with Crippen LogP contribution in [-0.4, -0.2) is 42.9 Å². The second-order valence-corrected chi connectivity index (χ2v) is 5.01. The van der Waals surface area contributed by atoms with Gasteiger partial charge in [-0.2, -0.15) is 0 Å². The number of halogens is 3. The predicted molar refractivity (Wildman–Crippen MR) is 111 cm³/mol. The van der Waals surface area contributed by atoms with E-state index >= 15 is 0 Å². The Morgan fingerprint density at radius 1 is 1.21 bits per heavy atom. The van der Waals surface area contributed by atoms with E-state index in [1.165, 1.54) is 0 Å². The Hall–Kier alpha value is -0.205. The summed E-state index contributed by atoms with van der Waals surface area (Å²) in [5.74, 6) is 0. The Balaban J connectivity index is -0.000000271. The Morgan fingerprint density at radius 3 is 1.75 bits per heavy atom. The summed E-state index contributed by atoms with van der Waals surface area (Å²) in [6.07, 6.45) is 6.72. The first-order valence-corrected chi connectivity index (χ1v) is 8.55. The van der Waals surface area contributed by atoms with Crippen LogP contribution in [0.15, 0.2) is 29.1 Å². The molecule has 0 spiro atoms. The monoisotopic (exact) mass is 463 g/mol. The fourth-order valence-electron chi connectivity index (χ4n) is 0.785. The summed E-state index contributed by atoms with van der Waals surface area (Å²) in [5.41, 5.74) is 2.05. The van der Waals surface area contributed by atoms with Gasteiger partial charge in [0, 0.05) is 38.5 Å². The van der Waals surface area contributed by atoms with Gasteiger partial charge < -0.3 is 0 Å². The molecule has 0 saturated heterocycles. The van der Waals surface area contributed by atoms with Crippen LogP contribution in [0.4, 0.5) is 0 Å². The van der Waals surface area contributed by atoms with Gasteiger partial charge in [0.2, 0.25) is 10.6 Å². The third-order valence-corrected chi connectivity index (χ3v) is 2.62. The molecule has 0 aliphatic rings. The van der Waals surface area contributed by atoms with Gasteiger partial charge in [-0.1, -0.05) is 15.9 Å². The normalized spacial score (nSPS) is 7.54. The van der Waals surface area contributed by atoms with E-state index in [4.69, 9.17) is 27.9 Å². The van der Waals surface area contributed by atoms with Crippen LogP contribution in [0.3, 0.4) is 0 Å². The van der Waals surface area contributed by atoms with Crippen molar-refractivity contribution in [1.29, 1.82) is 0 Å². The number of rotatable bonds is 1. The Bertz CT molecular complexity index is 532. The number of hydrogen-bond acceptors (Lipinski definition) is 7. The Morgan fingerprint density at radius 2 is 1.50 bits per heavy atom. The summed E-state index contributed by atoms with van der Waals surface area (Å²) in [6.45, 7) is 2.58. The van der Waals surface area contributed by atoms with Crippen molar-refractivity contribution < 1.29 is 4.70 Å². The number of aromatic nitrogens is 4. The molecule has 2 rings (SSSR count). The van der Waals surface area contributed by atoms with Crippen molar-refractivity contribution in [1.82, 2.24) is 19.9 Å². The summed E-state index contributed by atoms with van der Waals surface area (Å²) in [7, 11) is 6.23. The fraction of sp³-hybridized carbons (Fsp3) is 0.200. The molecule has 0 N–H and O–H groups in total. The molecule has 0 aromatic carbocycles. The van der Waals surface area contributed by atoms with E-state index < -0.39 is 0 Å². The Kier molecular flexibility index (Phi) is 24.8. The van der Waals surface area contributed by atoms with Crippen LogP contribution >= 0.6 is 61.1 Å². The fourth-order valence-corrected chi connectivity index (χ4v) is 1.27. The van der Waals surface area contributed by atoms with E-state index in [2.05, 4.69) is 60.6 Å². The molecule has 4 radical (unpaired) electrons. The van der Waals surface area contributed by atoms with E-state index in [0.717, 1.165) is 16.5 Å². The first-order chi connectivity index (χ1) is 10.9. The number of aryl methyl sites for hydroxylation is 1. The van der Waals surface area contributed by atoms with Crippen molar-refractivity contribution in [2.75, 3.05) is 0 Å². The number of alkyl halides is 1. The molecule has 1 atom stereocenters. The zero-order chi connectivity index (χ0) is 18.1. The van der Waals surface area contributed by atoms with Gasteiger partial charge in [-0.05, 0) is 41.3 Å². The van der Waals surface area contributed by atoms with Crippen LogP contribution in [-0.2, 0) is 10.0 Å². The van der Waals surface area contributed by atoms with Crippen molar-refractivity contribution >= 4 is 84.0 Å². The van der Waals surface area contributed by atoms with Crippen molar-refractivity contribution in [3.8, 4) is 0 Å². The Labute approximate surface area is 171 Å². The zero-order valence-electron chi connectivity index (χ0n) is 12.6. The minimum atomic E-state index is 0. The second-order valence-electron chi connectivity index (χ2n) is 3.27. The van der Waals surface area contributed by atoms with Crippen molar-refractivity contribution in [3.05, 3.63) is 46.5 Å². The first-order valence-electron chi connectivity index (χ1n) is 5.61. The number of hydrogen-bond donors (Lipinski definition) is 1. The van der Waals surface area contributed by atoms with E-state index in [1.807, 2.05) is 16.0 Å². The molecule has 2 aromatic rings.